The summed E-state index contributed by atoms with van der Waals surface area (Å²) in [5.74, 6) is -0.715. The quantitative estimate of drug-likeness (QED) is 0.647. The van der Waals surface area contributed by atoms with Crippen LogP contribution in [0.25, 0.3) is 4.98 Å². The Kier molecular flexibility index (Phi) is 5.11. The summed E-state index contributed by atoms with van der Waals surface area (Å²) >= 11 is 0. The molecular formula is C16H15N2O4S+. The van der Waals surface area contributed by atoms with Crippen molar-refractivity contribution in [2.45, 2.75) is 17.4 Å². The minimum atomic E-state index is -4.18. The van der Waals surface area contributed by atoms with Gasteiger partial charge < -0.3 is 10.2 Å². The Morgan fingerprint density at radius 2 is 1.57 bits per heavy atom. The fraction of sp³-hybridized carbons (Fsp3) is 0.125. The average Bonchev–Trinajstić information content (AvgIpc) is 2.56. The van der Waals surface area contributed by atoms with E-state index in [0.29, 0.717) is 5.56 Å². The second kappa shape index (κ2) is 7.05. The van der Waals surface area contributed by atoms with Gasteiger partial charge in [0.05, 0.1) is 11.0 Å². The predicted molar refractivity (Wildman–Crippen MR) is 84.4 cm³/mol. The van der Waals surface area contributed by atoms with Crippen molar-refractivity contribution in [1.29, 1.82) is 5.39 Å². The van der Waals surface area contributed by atoms with Crippen molar-refractivity contribution in [2.24, 2.45) is 0 Å². The number of aliphatic hydroxyl groups is 2. The first-order chi connectivity index (χ1) is 11.0. The zero-order valence-electron chi connectivity index (χ0n) is 12.1. The van der Waals surface area contributed by atoms with E-state index >= 15 is 0 Å². The molecule has 0 amide bonds. The molecule has 0 aliphatic rings. The van der Waals surface area contributed by atoms with Crippen LogP contribution in [0.5, 0.6) is 0 Å². The SMILES string of the molecule is N#[N+]/C(=C(/O)CC(O)c1ccccc1)S(=O)(=O)c1ccccc1. The number of nitrogens with zero attached hydrogens (tertiary/aromatic N) is 2. The van der Waals surface area contributed by atoms with Crippen LogP contribution in [0.15, 0.2) is 76.3 Å². The van der Waals surface area contributed by atoms with Gasteiger partial charge in [0.15, 0.2) is 4.98 Å². The third-order valence-corrected chi connectivity index (χ3v) is 4.94. The van der Waals surface area contributed by atoms with Crippen LogP contribution in [0.3, 0.4) is 0 Å². The van der Waals surface area contributed by atoms with E-state index in [1.165, 1.54) is 24.3 Å². The maximum atomic E-state index is 12.4. The second-order valence-electron chi connectivity index (χ2n) is 4.80. The third kappa shape index (κ3) is 3.74. The molecule has 118 valence electrons. The van der Waals surface area contributed by atoms with Gasteiger partial charge in [0, 0.05) is 6.42 Å². The molecule has 0 heterocycles. The summed E-state index contributed by atoms with van der Waals surface area (Å²) in [6.45, 7) is 0. The van der Waals surface area contributed by atoms with Gasteiger partial charge in [-0.05, 0) is 17.7 Å². The smallest absolute Gasteiger partial charge is 0.504 e. The highest BCUT2D eigenvalue weighted by Crippen LogP contribution is 2.27. The molecule has 2 rings (SSSR count). The van der Waals surface area contributed by atoms with E-state index < -0.39 is 33.2 Å². The van der Waals surface area contributed by atoms with Crippen molar-refractivity contribution in [3.8, 4) is 0 Å². The lowest BCUT2D eigenvalue weighted by Crippen LogP contribution is -2.08. The average molecular weight is 331 g/mol. The molecule has 2 aromatic carbocycles. The Morgan fingerprint density at radius 1 is 1.04 bits per heavy atom. The monoisotopic (exact) mass is 331 g/mol. The molecule has 0 aliphatic carbocycles. The highest BCUT2D eigenvalue weighted by Gasteiger charge is 2.37. The summed E-state index contributed by atoms with van der Waals surface area (Å²) in [5, 5.41) is 28.2. The standard InChI is InChI=1S/C16H14N2O4S/c17-18-16(23(21,22)13-9-5-2-6-10-13)15(20)11-14(19)12-7-3-1-4-8-12/h1-10,14,19H,11H2/p+1/b16-15-. The maximum Gasteiger partial charge on any atom is 0.515 e. The minimum absolute atomic E-state index is 0.117. The van der Waals surface area contributed by atoms with Crippen LogP contribution in [0.4, 0.5) is 0 Å². The van der Waals surface area contributed by atoms with E-state index in [0.717, 1.165) is 0 Å². The predicted octanol–water partition coefficient (Wildman–Crippen LogP) is 3.16. The number of aliphatic hydroxyl groups excluding tert-OH is 2. The normalized spacial score (nSPS) is 13.7. The number of benzene rings is 2. The van der Waals surface area contributed by atoms with Gasteiger partial charge in [-0.3, -0.25) is 0 Å². The van der Waals surface area contributed by atoms with Crippen LogP contribution < -0.4 is 0 Å². The van der Waals surface area contributed by atoms with Gasteiger partial charge in [0.25, 0.3) is 9.84 Å². The molecule has 0 radical (unpaired) electrons. The van der Waals surface area contributed by atoms with Crippen molar-refractivity contribution in [3.63, 3.8) is 0 Å². The van der Waals surface area contributed by atoms with Gasteiger partial charge >= 0.3 is 5.03 Å². The lowest BCUT2D eigenvalue weighted by molar-refractivity contribution is 0.160. The van der Waals surface area contributed by atoms with Crippen LogP contribution in [0.1, 0.15) is 18.1 Å². The topological polar surface area (TPSA) is 103 Å². The zero-order valence-corrected chi connectivity index (χ0v) is 12.9. The fourth-order valence-electron chi connectivity index (χ4n) is 2.04. The number of hydrogen-bond acceptors (Lipinski definition) is 5. The Labute approximate surface area is 133 Å². The van der Waals surface area contributed by atoms with Crippen LogP contribution in [-0.2, 0) is 9.84 Å². The molecule has 7 heteroatoms. The van der Waals surface area contributed by atoms with E-state index in [4.69, 9.17) is 5.39 Å². The molecule has 0 spiro atoms. The summed E-state index contributed by atoms with van der Waals surface area (Å²) in [6, 6.07) is 15.8. The molecule has 0 saturated carbocycles. The first-order valence-corrected chi connectivity index (χ1v) is 8.25. The minimum Gasteiger partial charge on any atom is -0.504 e. The largest absolute Gasteiger partial charge is 0.515 e. The number of hydrogen-bond donors (Lipinski definition) is 2. The Bertz CT molecular complexity index is 841. The zero-order chi connectivity index (χ0) is 16.9. The molecule has 0 aliphatic heterocycles. The van der Waals surface area contributed by atoms with E-state index in [9.17, 15) is 18.6 Å². The third-order valence-electron chi connectivity index (χ3n) is 3.22. The van der Waals surface area contributed by atoms with Crippen molar-refractivity contribution in [1.82, 2.24) is 0 Å². The Balaban J connectivity index is 2.35. The second-order valence-corrected chi connectivity index (χ2v) is 6.66. The summed E-state index contributed by atoms with van der Waals surface area (Å²) in [6.07, 6.45) is -1.52. The van der Waals surface area contributed by atoms with E-state index in [1.54, 1.807) is 36.4 Å². The van der Waals surface area contributed by atoms with Crippen molar-refractivity contribution < 1.29 is 18.6 Å². The lowest BCUT2D eigenvalue weighted by Gasteiger charge is -2.09. The Hall–Kier alpha value is -2.69. The van der Waals surface area contributed by atoms with Gasteiger partial charge in [-0.15, -0.1) is 0 Å². The highest BCUT2D eigenvalue weighted by atomic mass is 32.2. The molecule has 0 saturated heterocycles. The highest BCUT2D eigenvalue weighted by molar-refractivity contribution is 7.95. The Morgan fingerprint density at radius 3 is 2.09 bits per heavy atom. The molecule has 0 bridgehead atoms. The summed E-state index contributed by atoms with van der Waals surface area (Å²) in [7, 11) is -4.18. The van der Waals surface area contributed by atoms with Gasteiger partial charge in [0.2, 0.25) is 11.2 Å². The van der Waals surface area contributed by atoms with E-state index in [-0.39, 0.29) is 4.90 Å². The van der Waals surface area contributed by atoms with Crippen LogP contribution >= 0.6 is 0 Å². The first-order valence-electron chi connectivity index (χ1n) is 6.77. The van der Waals surface area contributed by atoms with Crippen LogP contribution in [0, 0.1) is 5.39 Å². The lowest BCUT2D eigenvalue weighted by atomic mass is 10.1. The van der Waals surface area contributed by atoms with Crippen molar-refractivity contribution >= 4 is 9.84 Å². The van der Waals surface area contributed by atoms with Gasteiger partial charge in [0.1, 0.15) is 0 Å². The number of sulfone groups is 1. The summed E-state index contributed by atoms with van der Waals surface area (Å²) in [4.78, 5) is 2.60. The molecule has 1 atom stereocenters. The van der Waals surface area contributed by atoms with Gasteiger partial charge in [-0.25, -0.2) is 8.42 Å². The summed E-state index contributed by atoms with van der Waals surface area (Å²) in [5.41, 5.74) is 0.508. The molecule has 0 fully saturated rings. The molecule has 2 N–H and O–H groups in total. The molecular weight excluding hydrogens is 316 g/mol. The summed E-state index contributed by atoms with van der Waals surface area (Å²) < 4.78 is 24.7. The number of diazo groups is 1. The van der Waals surface area contributed by atoms with Crippen molar-refractivity contribution in [2.75, 3.05) is 0 Å². The van der Waals surface area contributed by atoms with Crippen molar-refractivity contribution in [3.05, 3.63) is 82.0 Å². The van der Waals surface area contributed by atoms with Gasteiger partial charge in [-0.2, -0.15) is 0 Å². The first kappa shape index (κ1) is 16.7. The molecule has 2 aromatic rings. The molecule has 23 heavy (non-hydrogen) atoms. The van der Waals surface area contributed by atoms with Gasteiger partial charge in [-0.1, -0.05) is 48.5 Å². The fourth-order valence-corrected chi connectivity index (χ4v) is 3.28. The maximum absolute atomic E-state index is 12.4. The van der Waals surface area contributed by atoms with E-state index in [1.807, 2.05) is 0 Å². The van der Waals surface area contributed by atoms with E-state index in [2.05, 4.69) is 4.98 Å². The number of rotatable bonds is 5. The molecule has 0 aromatic heterocycles. The van der Waals surface area contributed by atoms with Crippen LogP contribution in [-0.4, -0.2) is 18.6 Å². The molecule has 6 nitrogen and oxygen atoms in total. The van der Waals surface area contributed by atoms with Crippen LogP contribution in [0.2, 0.25) is 0 Å². The molecule has 1 unspecified atom stereocenters.